The maximum atomic E-state index is 13.1. The van der Waals surface area contributed by atoms with E-state index < -0.39 is 0 Å². The van der Waals surface area contributed by atoms with E-state index in [9.17, 15) is 4.79 Å². The Labute approximate surface area is 171 Å². The molecule has 0 radical (unpaired) electrons. The van der Waals surface area contributed by atoms with Gasteiger partial charge in [-0.1, -0.05) is 49.2 Å². The highest BCUT2D eigenvalue weighted by Gasteiger charge is 2.49. The van der Waals surface area contributed by atoms with E-state index in [4.69, 9.17) is 0 Å². The van der Waals surface area contributed by atoms with Crippen LogP contribution in [0.4, 0.5) is 0 Å². The van der Waals surface area contributed by atoms with Gasteiger partial charge in [0.25, 0.3) is 0 Å². The Morgan fingerprint density at radius 3 is 3.03 bits per heavy atom. The van der Waals surface area contributed by atoms with Gasteiger partial charge in [0.2, 0.25) is 5.91 Å². The minimum atomic E-state index is -0.189. The fourth-order valence-corrected chi connectivity index (χ4v) is 5.22. The van der Waals surface area contributed by atoms with E-state index in [-0.39, 0.29) is 11.3 Å². The van der Waals surface area contributed by atoms with Crippen LogP contribution in [0.25, 0.3) is 11.0 Å². The molecular formula is C24H28N4O. The van der Waals surface area contributed by atoms with Crippen LogP contribution in [0.5, 0.6) is 0 Å². The Morgan fingerprint density at radius 1 is 1.17 bits per heavy atom. The Morgan fingerprint density at radius 2 is 2.07 bits per heavy atom. The summed E-state index contributed by atoms with van der Waals surface area (Å²) in [5, 5.41) is 6.71. The first kappa shape index (κ1) is 18.4. The van der Waals surface area contributed by atoms with Crippen LogP contribution in [0, 0.1) is 11.3 Å². The van der Waals surface area contributed by atoms with Gasteiger partial charge in [-0.05, 0) is 48.6 Å². The number of para-hydroxylation sites is 2. The molecule has 5 rings (SSSR count). The predicted molar refractivity (Wildman–Crippen MR) is 114 cm³/mol. The van der Waals surface area contributed by atoms with Crippen molar-refractivity contribution in [3.63, 3.8) is 0 Å². The number of benzene rings is 2. The number of hydrogen-bond donors (Lipinski definition) is 2. The highest BCUT2D eigenvalue weighted by atomic mass is 16.2. The van der Waals surface area contributed by atoms with Crippen LogP contribution < -0.4 is 10.6 Å². The topological polar surface area (TPSA) is 59.0 Å². The Bertz CT molecular complexity index is 1030. The van der Waals surface area contributed by atoms with E-state index in [1.165, 1.54) is 24.8 Å². The molecule has 5 heteroatoms. The first-order valence-corrected chi connectivity index (χ1v) is 10.7. The monoisotopic (exact) mass is 388 g/mol. The molecule has 5 nitrogen and oxygen atoms in total. The van der Waals surface area contributed by atoms with Crippen molar-refractivity contribution in [1.29, 1.82) is 0 Å². The summed E-state index contributed by atoms with van der Waals surface area (Å²) in [5.74, 6) is 0.732. The van der Waals surface area contributed by atoms with Gasteiger partial charge in [0.1, 0.15) is 0 Å². The molecule has 0 unspecified atom stereocenters. The Kier molecular flexibility index (Phi) is 4.84. The van der Waals surface area contributed by atoms with E-state index >= 15 is 0 Å². The van der Waals surface area contributed by atoms with E-state index in [1.54, 1.807) is 0 Å². The zero-order valence-electron chi connectivity index (χ0n) is 16.7. The molecule has 1 amide bonds. The summed E-state index contributed by atoms with van der Waals surface area (Å²) in [6, 6.07) is 16.7. The van der Waals surface area contributed by atoms with Gasteiger partial charge in [-0.3, -0.25) is 4.79 Å². The molecule has 3 aromatic rings. The molecule has 1 aromatic heterocycles. The molecule has 1 saturated carbocycles. The van der Waals surface area contributed by atoms with Crippen molar-refractivity contribution in [3.05, 3.63) is 66.0 Å². The van der Waals surface area contributed by atoms with E-state index in [1.807, 2.05) is 24.5 Å². The molecule has 2 N–H and O–H groups in total. The standard InChI is InChI=1S/C24H28N4O/c29-23(24-11-4-3-8-20(24)14-25-16-24)26-13-18-6-5-7-19(12-18)15-28-17-27-21-9-1-2-10-22(21)28/h1-2,5-7,9-10,12,17,20,25H,3-4,8,11,13-16H2,(H,26,29)/t20-,24+/m0/s1. The van der Waals surface area contributed by atoms with Gasteiger partial charge in [0.15, 0.2) is 0 Å². The number of amides is 1. The second-order valence-corrected chi connectivity index (χ2v) is 8.59. The second kappa shape index (κ2) is 7.64. The largest absolute Gasteiger partial charge is 0.351 e. The zero-order valence-corrected chi connectivity index (χ0v) is 16.7. The minimum absolute atomic E-state index is 0.189. The molecular weight excluding hydrogens is 360 g/mol. The summed E-state index contributed by atoms with van der Waals surface area (Å²) in [6.07, 6.45) is 6.51. The quantitative estimate of drug-likeness (QED) is 0.704. The number of rotatable bonds is 5. The van der Waals surface area contributed by atoms with Gasteiger partial charge in [0.05, 0.1) is 22.8 Å². The molecule has 0 spiro atoms. The van der Waals surface area contributed by atoms with Gasteiger partial charge in [-0.25, -0.2) is 4.98 Å². The fourth-order valence-electron chi connectivity index (χ4n) is 5.22. The van der Waals surface area contributed by atoms with Crippen LogP contribution in [0.1, 0.15) is 36.8 Å². The number of imidazole rings is 1. The van der Waals surface area contributed by atoms with Gasteiger partial charge >= 0.3 is 0 Å². The normalized spacial score (nSPS) is 23.8. The van der Waals surface area contributed by atoms with Gasteiger partial charge in [0, 0.05) is 19.6 Å². The molecule has 2 aliphatic rings. The maximum Gasteiger partial charge on any atom is 0.228 e. The molecule has 2 aromatic carbocycles. The molecule has 1 saturated heterocycles. The lowest BCUT2D eigenvalue weighted by Crippen LogP contribution is -2.47. The Balaban J connectivity index is 1.27. The average Bonchev–Trinajstić information content (AvgIpc) is 3.37. The number of aromatic nitrogens is 2. The lowest BCUT2D eigenvalue weighted by atomic mass is 9.67. The summed E-state index contributed by atoms with van der Waals surface area (Å²) in [7, 11) is 0. The predicted octanol–water partition coefficient (Wildman–Crippen LogP) is 3.48. The molecule has 1 aliphatic heterocycles. The lowest BCUT2D eigenvalue weighted by molar-refractivity contribution is -0.134. The first-order chi connectivity index (χ1) is 14.2. The third-order valence-electron chi connectivity index (χ3n) is 6.82. The number of nitrogens with zero attached hydrogens (tertiary/aromatic N) is 2. The van der Waals surface area contributed by atoms with Crippen molar-refractivity contribution in [3.8, 4) is 0 Å². The van der Waals surface area contributed by atoms with E-state index in [2.05, 4.69) is 50.5 Å². The average molecular weight is 389 g/mol. The maximum absolute atomic E-state index is 13.1. The van der Waals surface area contributed by atoms with Crippen LogP contribution >= 0.6 is 0 Å². The van der Waals surface area contributed by atoms with Crippen LogP contribution in [-0.2, 0) is 17.9 Å². The molecule has 0 bridgehead atoms. The number of nitrogens with one attached hydrogen (secondary N) is 2. The molecule has 1 aliphatic carbocycles. The van der Waals surface area contributed by atoms with Crippen molar-refractivity contribution < 1.29 is 4.79 Å². The van der Waals surface area contributed by atoms with Crippen molar-refractivity contribution in [2.24, 2.45) is 11.3 Å². The lowest BCUT2D eigenvalue weighted by Gasteiger charge is -2.37. The number of hydrogen-bond acceptors (Lipinski definition) is 3. The summed E-state index contributed by atoms with van der Waals surface area (Å²) in [6.45, 7) is 3.18. The van der Waals surface area contributed by atoms with Gasteiger partial charge in [-0.15, -0.1) is 0 Å². The summed E-state index contributed by atoms with van der Waals surface area (Å²) < 4.78 is 2.17. The van der Waals surface area contributed by atoms with Gasteiger partial charge in [-0.2, -0.15) is 0 Å². The zero-order chi connectivity index (χ0) is 19.7. The fraction of sp³-hybridized carbons (Fsp3) is 0.417. The van der Waals surface area contributed by atoms with Crippen LogP contribution in [0.2, 0.25) is 0 Å². The van der Waals surface area contributed by atoms with Crippen LogP contribution in [-0.4, -0.2) is 28.5 Å². The van der Waals surface area contributed by atoms with Crippen molar-refractivity contribution in [2.45, 2.75) is 38.8 Å². The van der Waals surface area contributed by atoms with Crippen molar-refractivity contribution >= 4 is 16.9 Å². The highest BCUT2D eigenvalue weighted by Crippen LogP contribution is 2.43. The van der Waals surface area contributed by atoms with Crippen LogP contribution in [0.15, 0.2) is 54.9 Å². The Hall–Kier alpha value is -2.66. The van der Waals surface area contributed by atoms with Crippen molar-refractivity contribution in [1.82, 2.24) is 20.2 Å². The van der Waals surface area contributed by atoms with Crippen LogP contribution in [0.3, 0.4) is 0 Å². The molecule has 2 fully saturated rings. The minimum Gasteiger partial charge on any atom is -0.351 e. The molecule has 150 valence electrons. The summed E-state index contributed by atoms with van der Waals surface area (Å²) >= 11 is 0. The third kappa shape index (κ3) is 3.44. The number of carbonyl (C=O) groups excluding carboxylic acids is 1. The number of fused-ring (bicyclic) bond motifs is 2. The highest BCUT2D eigenvalue weighted by molar-refractivity contribution is 5.84. The van der Waals surface area contributed by atoms with Gasteiger partial charge < -0.3 is 15.2 Å². The summed E-state index contributed by atoms with van der Waals surface area (Å²) in [5.41, 5.74) is 4.34. The summed E-state index contributed by atoms with van der Waals surface area (Å²) in [4.78, 5) is 17.6. The van der Waals surface area contributed by atoms with Crippen molar-refractivity contribution in [2.75, 3.05) is 13.1 Å². The number of carbonyl (C=O) groups is 1. The van der Waals surface area contributed by atoms with E-state index in [0.717, 1.165) is 42.7 Å². The second-order valence-electron chi connectivity index (χ2n) is 8.59. The SMILES string of the molecule is O=C(NCc1cccc(Cn2cnc3ccccc32)c1)[C@@]12CCCC[C@H]1CNC2. The first-order valence-electron chi connectivity index (χ1n) is 10.7. The molecule has 2 atom stereocenters. The van der Waals surface area contributed by atoms with E-state index in [0.29, 0.717) is 12.5 Å². The molecule has 29 heavy (non-hydrogen) atoms. The molecule has 2 heterocycles. The smallest absolute Gasteiger partial charge is 0.228 e. The third-order valence-corrected chi connectivity index (χ3v) is 6.82.